The SMILES string of the molecule is NC(C#CCCO)CCO. The topological polar surface area (TPSA) is 66.5 Å². The summed E-state index contributed by atoms with van der Waals surface area (Å²) in [6, 6.07) is -0.253. The fourth-order valence-corrected chi connectivity index (χ4v) is 0.470. The molecule has 0 aliphatic heterocycles. The highest BCUT2D eigenvalue weighted by atomic mass is 16.3. The molecule has 58 valence electrons. The first-order valence-electron chi connectivity index (χ1n) is 3.27. The van der Waals surface area contributed by atoms with Crippen LogP contribution >= 0.6 is 0 Å². The van der Waals surface area contributed by atoms with Crippen LogP contribution in [0.5, 0.6) is 0 Å². The Kier molecular flexibility index (Phi) is 6.19. The van der Waals surface area contributed by atoms with E-state index in [1.165, 1.54) is 0 Å². The van der Waals surface area contributed by atoms with Gasteiger partial charge in [-0.05, 0) is 6.42 Å². The first-order valence-corrected chi connectivity index (χ1v) is 3.27. The van der Waals surface area contributed by atoms with Gasteiger partial charge < -0.3 is 15.9 Å². The van der Waals surface area contributed by atoms with Crippen LogP contribution in [0.4, 0.5) is 0 Å². The number of rotatable bonds is 3. The van der Waals surface area contributed by atoms with Crippen LogP contribution in [0.25, 0.3) is 0 Å². The second-order valence-corrected chi connectivity index (χ2v) is 1.91. The zero-order valence-electron chi connectivity index (χ0n) is 5.88. The van der Waals surface area contributed by atoms with Gasteiger partial charge in [0, 0.05) is 13.0 Å². The number of hydrogen-bond acceptors (Lipinski definition) is 3. The van der Waals surface area contributed by atoms with Crippen LogP contribution in [0.1, 0.15) is 12.8 Å². The molecule has 0 aliphatic rings. The first kappa shape index (κ1) is 9.44. The molecule has 0 spiro atoms. The van der Waals surface area contributed by atoms with Gasteiger partial charge in [-0.1, -0.05) is 11.8 Å². The van der Waals surface area contributed by atoms with Crippen molar-refractivity contribution in [1.29, 1.82) is 0 Å². The van der Waals surface area contributed by atoms with Crippen LogP contribution < -0.4 is 5.73 Å². The maximum absolute atomic E-state index is 8.40. The molecule has 0 aromatic heterocycles. The summed E-state index contributed by atoms with van der Waals surface area (Å²) in [6.45, 7) is 0.133. The lowest BCUT2D eigenvalue weighted by Crippen LogP contribution is -2.18. The van der Waals surface area contributed by atoms with Gasteiger partial charge in [0.2, 0.25) is 0 Å². The van der Waals surface area contributed by atoms with Crippen molar-refractivity contribution in [3.63, 3.8) is 0 Å². The molecular weight excluding hydrogens is 130 g/mol. The molecule has 3 nitrogen and oxygen atoms in total. The van der Waals surface area contributed by atoms with E-state index >= 15 is 0 Å². The van der Waals surface area contributed by atoms with Crippen molar-refractivity contribution in [3.8, 4) is 11.8 Å². The van der Waals surface area contributed by atoms with Crippen molar-refractivity contribution in [3.05, 3.63) is 0 Å². The molecule has 1 atom stereocenters. The van der Waals surface area contributed by atoms with Gasteiger partial charge >= 0.3 is 0 Å². The largest absolute Gasteiger partial charge is 0.396 e. The van der Waals surface area contributed by atoms with Crippen molar-refractivity contribution in [1.82, 2.24) is 0 Å². The van der Waals surface area contributed by atoms with Gasteiger partial charge in [-0.25, -0.2) is 0 Å². The molecule has 0 bridgehead atoms. The fraction of sp³-hybridized carbons (Fsp3) is 0.714. The molecule has 0 radical (unpaired) electrons. The van der Waals surface area contributed by atoms with Gasteiger partial charge in [0.1, 0.15) is 0 Å². The Morgan fingerprint density at radius 3 is 2.50 bits per heavy atom. The van der Waals surface area contributed by atoms with E-state index in [4.69, 9.17) is 15.9 Å². The minimum Gasteiger partial charge on any atom is -0.396 e. The third-order valence-electron chi connectivity index (χ3n) is 0.964. The lowest BCUT2D eigenvalue weighted by atomic mass is 10.2. The summed E-state index contributed by atoms with van der Waals surface area (Å²) in [7, 11) is 0. The van der Waals surface area contributed by atoms with E-state index in [0.717, 1.165) is 0 Å². The Labute approximate surface area is 60.9 Å². The molecule has 0 saturated heterocycles. The number of nitrogens with two attached hydrogens (primary N) is 1. The predicted octanol–water partition coefficient (Wildman–Crippen LogP) is -0.918. The molecule has 0 saturated carbocycles. The van der Waals surface area contributed by atoms with E-state index in [1.54, 1.807) is 0 Å². The molecule has 0 amide bonds. The van der Waals surface area contributed by atoms with E-state index in [9.17, 15) is 0 Å². The van der Waals surface area contributed by atoms with Gasteiger partial charge in [-0.15, -0.1) is 0 Å². The van der Waals surface area contributed by atoms with Gasteiger partial charge in [-0.3, -0.25) is 0 Å². The summed E-state index contributed by atoms with van der Waals surface area (Å²) >= 11 is 0. The zero-order chi connectivity index (χ0) is 7.82. The summed E-state index contributed by atoms with van der Waals surface area (Å²) in [5.74, 6) is 5.38. The summed E-state index contributed by atoms with van der Waals surface area (Å²) in [5.41, 5.74) is 5.41. The van der Waals surface area contributed by atoms with E-state index in [-0.39, 0.29) is 19.3 Å². The van der Waals surface area contributed by atoms with E-state index < -0.39 is 0 Å². The van der Waals surface area contributed by atoms with Crippen molar-refractivity contribution in [2.45, 2.75) is 18.9 Å². The summed E-state index contributed by atoms with van der Waals surface area (Å²) in [5, 5.41) is 16.7. The summed E-state index contributed by atoms with van der Waals surface area (Å²) in [4.78, 5) is 0. The Balaban J connectivity index is 3.37. The van der Waals surface area contributed by atoms with Crippen LogP contribution in [0, 0.1) is 11.8 Å². The Morgan fingerprint density at radius 2 is 2.00 bits per heavy atom. The Hall–Kier alpha value is -0.560. The van der Waals surface area contributed by atoms with Crippen LogP contribution in [0.3, 0.4) is 0 Å². The molecule has 3 heteroatoms. The molecular formula is C7H13NO2. The van der Waals surface area contributed by atoms with Crippen molar-refractivity contribution in [2.75, 3.05) is 13.2 Å². The normalized spacial score (nSPS) is 11.9. The third kappa shape index (κ3) is 5.57. The lowest BCUT2D eigenvalue weighted by molar-refractivity contribution is 0.284. The highest BCUT2D eigenvalue weighted by molar-refractivity contribution is 5.06. The number of aliphatic hydroxyl groups is 2. The second-order valence-electron chi connectivity index (χ2n) is 1.91. The Bertz CT molecular complexity index is 125. The third-order valence-corrected chi connectivity index (χ3v) is 0.964. The summed E-state index contributed by atoms with van der Waals surface area (Å²) < 4.78 is 0. The van der Waals surface area contributed by atoms with Crippen molar-refractivity contribution < 1.29 is 10.2 Å². The van der Waals surface area contributed by atoms with Crippen molar-refractivity contribution in [2.24, 2.45) is 5.73 Å². The second kappa shape index (κ2) is 6.56. The average Bonchev–Trinajstić information content (AvgIpc) is 1.89. The van der Waals surface area contributed by atoms with Gasteiger partial charge in [0.05, 0.1) is 12.6 Å². The van der Waals surface area contributed by atoms with E-state index in [1.807, 2.05) is 0 Å². The standard InChI is InChI=1S/C7H13NO2/c8-7(4-6-10)3-1-2-5-9/h7,9-10H,2,4-6,8H2. The van der Waals surface area contributed by atoms with Crippen LogP contribution in [-0.4, -0.2) is 29.5 Å². The highest BCUT2D eigenvalue weighted by Gasteiger charge is 1.92. The zero-order valence-corrected chi connectivity index (χ0v) is 5.88. The maximum Gasteiger partial charge on any atom is 0.0686 e. The van der Waals surface area contributed by atoms with E-state index in [0.29, 0.717) is 12.8 Å². The van der Waals surface area contributed by atoms with E-state index in [2.05, 4.69) is 11.8 Å². The lowest BCUT2D eigenvalue weighted by Gasteiger charge is -1.97. The average molecular weight is 143 g/mol. The van der Waals surface area contributed by atoms with Crippen LogP contribution in [0.15, 0.2) is 0 Å². The molecule has 0 aliphatic carbocycles. The fourth-order valence-electron chi connectivity index (χ4n) is 0.470. The highest BCUT2D eigenvalue weighted by Crippen LogP contribution is 1.82. The molecule has 0 rings (SSSR count). The Morgan fingerprint density at radius 1 is 1.30 bits per heavy atom. The molecule has 1 unspecified atom stereocenters. The summed E-state index contributed by atoms with van der Waals surface area (Å²) in [6.07, 6.45) is 0.956. The predicted molar refractivity (Wildman–Crippen MR) is 39.2 cm³/mol. The monoisotopic (exact) mass is 143 g/mol. The van der Waals surface area contributed by atoms with Crippen LogP contribution in [0.2, 0.25) is 0 Å². The van der Waals surface area contributed by atoms with Gasteiger partial charge in [0.15, 0.2) is 0 Å². The molecule has 10 heavy (non-hydrogen) atoms. The quantitative estimate of drug-likeness (QED) is 0.448. The van der Waals surface area contributed by atoms with Crippen LogP contribution in [-0.2, 0) is 0 Å². The maximum atomic E-state index is 8.40. The minimum absolute atomic E-state index is 0.0645. The van der Waals surface area contributed by atoms with Crippen molar-refractivity contribution >= 4 is 0 Å². The smallest absolute Gasteiger partial charge is 0.0686 e. The molecule has 0 aromatic carbocycles. The van der Waals surface area contributed by atoms with Gasteiger partial charge in [0.25, 0.3) is 0 Å². The number of hydrogen-bond donors (Lipinski definition) is 3. The molecule has 0 fully saturated rings. The number of aliphatic hydroxyl groups excluding tert-OH is 2. The first-order chi connectivity index (χ1) is 4.81. The minimum atomic E-state index is -0.253. The van der Waals surface area contributed by atoms with Gasteiger partial charge in [-0.2, -0.15) is 0 Å². The molecule has 4 N–H and O–H groups in total. The molecule has 0 aromatic rings. The molecule has 0 heterocycles.